The molecule has 0 unspecified atom stereocenters. The summed E-state index contributed by atoms with van der Waals surface area (Å²) in [6, 6.07) is 2.93. The largest absolute Gasteiger partial charge is 0.246 e. The third kappa shape index (κ3) is 2.73. The third-order valence-electron chi connectivity index (χ3n) is 1.73. The molecule has 0 saturated carbocycles. The highest BCUT2D eigenvalue weighted by atomic mass is 32.2. The lowest BCUT2D eigenvalue weighted by atomic mass is 10.3. The second kappa shape index (κ2) is 4.67. The monoisotopic (exact) mass is 235 g/mol. The van der Waals surface area contributed by atoms with Crippen LogP contribution in [0.3, 0.4) is 0 Å². The predicted molar refractivity (Wildman–Crippen MR) is 51.8 cm³/mol. The first-order chi connectivity index (χ1) is 6.99. The molecule has 84 valence electrons. The zero-order valence-electron chi connectivity index (χ0n) is 8.13. The van der Waals surface area contributed by atoms with E-state index in [1.807, 2.05) is 0 Å². The first-order valence-electron chi connectivity index (χ1n) is 4.42. The Kier molecular flexibility index (Phi) is 3.76. The van der Waals surface area contributed by atoms with Gasteiger partial charge in [-0.3, -0.25) is 0 Å². The number of sulfonamides is 1. The molecule has 1 N–H and O–H groups in total. The minimum Gasteiger partial charge on any atom is -0.211 e. The van der Waals surface area contributed by atoms with Crippen LogP contribution in [0.2, 0.25) is 0 Å². The molecular weight excluding hydrogens is 224 g/mol. The van der Waals surface area contributed by atoms with Crippen LogP contribution in [0.4, 0.5) is 8.78 Å². The maximum Gasteiger partial charge on any atom is 0.246 e. The van der Waals surface area contributed by atoms with Crippen LogP contribution >= 0.6 is 0 Å². The minimum absolute atomic E-state index is 0.149. The van der Waals surface area contributed by atoms with Crippen LogP contribution in [0, 0.1) is 11.6 Å². The minimum atomic E-state index is -4.08. The fourth-order valence-electron chi connectivity index (χ4n) is 1.05. The second-order valence-corrected chi connectivity index (χ2v) is 4.65. The van der Waals surface area contributed by atoms with Crippen molar-refractivity contribution in [3.05, 3.63) is 29.8 Å². The van der Waals surface area contributed by atoms with Gasteiger partial charge in [0.1, 0.15) is 11.6 Å². The van der Waals surface area contributed by atoms with Crippen LogP contribution in [-0.2, 0) is 10.0 Å². The molecule has 0 radical (unpaired) electrons. The van der Waals surface area contributed by atoms with Gasteiger partial charge in [-0.15, -0.1) is 0 Å². The predicted octanol–water partition coefficient (Wildman–Crippen LogP) is 1.65. The van der Waals surface area contributed by atoms with Crippen LogP contribution in [0.5, 0.6) is 0 Å². The van der Waals surface area contributed by atoms with Gasteiger partial charge in [0, 0.05) is 6.54 Å². The maximum absolute atomic E-state index is 13.1. The highest BCUT2D eigenvalue weighted by Gasteiger charge is 2.22. The van der Waals surface area contributed by atoms with E-state index in [0.717, 1.165) is 18.2 Å². The summed E-state index contributed by atoms with van der Waals surface area (Å²) in [7, 11) is -4.08. The van der Waals surface area contributed by atoms with E-state index in [9.17, 15) is 17.2 Å². The van der Waals surface area contributed by atoms with Gasteiger partial charge < -0.3 is 0 Å². The van der Waals surface area contributed by atoms with Crippen LogP contribution in [0.25, 0.3) is 0 Å². The molecule has 0 spiro atoms. The molecule has 3 nitrogen and oxygen atoms in total. The maximum atomic E-state index is 13.1. The lowest BCUT2D eigenvalue weighted by molar-refractivity contribution is 0.514. The van der Waals surface area contributed by atoms with E-state index in [1.165, 1.54) is 0 Å². The van der Waals surface area contributed by atoms with Crippen LogP contribution in [-0.4, -0.2) is 15.0 Å². The van der Waals surface area contributed by atoms with E-state index in [0.29, 0.717) is 6.42 Å². The summed E-state index contributed by atoms with van der Waals surface area (Å²) < 4.78 is 51.2. The van der Waals surface area contributed by atoms with Crippen molar-refractivity contribution in [2.45, 2.75) is 18.2 Å². The topological polar surface area (TPSA) is 46.2 Å². The number of benzene rings is 1. The Hall–Kier alpha value is -1.01. The van der Waals surface area contributed by atoms with Gasteiger partial charge in [-0.05, 0) is 18.6 Å². The first-order valence-corrected chi connectivity index (χ1v) is 5.91. The van der Waals surface area contributed by atoms with Crippen molar-refractivity contribution >= 4 is 10.0 Å². The molecule has 0 amide bonds. The fourth-order valence-corrected chi connectivity index (χ4v) is 2.31. The quantitative estimate of drug-likeness (QED) is 0.862. The van der Waals surface area contributed by atoms with E-state index in [1.54, 1.807) is 6.92 Å². The second-order valence-electron chi connectivity index (χ2n) is 2.95. The molecular formula is C9H11F2NO2S. The van der Waals surface area contributed by atoms with E-state index >= 15 is 0 Å². The molecule has 1 rings (SSSR count). The van der Waals surface area contributed by atoms with Crippen LogP contribution in [0.15, 0.2) is 23.1 Å². The number of halogens is 2. The van der Waals surface area contributed by atoms with Gasteiger partial charge in [0.15, 0.2) is 4.90 Å². The van der Waals surface area contributed by atoms with E-state index in [4.69, 9.17) is 0 Å². The molecule has 0 fully saturated rings. The Labute approximate surface area is 87.2 Å². The van der Waals surface area contributed by atoms with Crippen LogP contribution < -0.4 is 4.72 Å². The Morgan fingerprint density at radius 1 is 1.27 bits per heavy atom. The van der Waals surface area contributed by atoms with Crippen molar-refractivity contribution in [1.29, 1.82) is 0 Å². The molecule has 0 heterocycles. The lowest BCUT2D eigenvalue weighted by Gasteiger charge is -2.07. The van der Waals surface area contributed by atoms with Gasteiger partial charge in [0.05, 0.1) is 0 Å². The SMILES string of the molecule is CCCNS(=O)(=O)c1c(F)cccc1F. The molecule has 0 aromatic heterocycles. The molecule has 0 saturated heterocycles. The van der Waals surface area contributed by atoms with Gasteiger partial charge in [-0.2, -0.15) is 0 Å². The summed E-state index contributed by atoms with van der Waals surface area (Å²) >= 11 is 0. The van der Waals surface area contributed by atoms with Gasteiger partial charge in [-0.1, -0.05) is 13.0 Å². The highest BCUT2D eigenvalue weighted by molar-refractivity contribution is 7.89. The standard InChI is InChI=1S/C9H11F2NO2S/c1-2-6-12-15(13,14)9-7(10)4-3-5-8(9)11/h3-5,12H,2,6H2,1H3. The molecule has 6 heteroatoms. The first kappa shape index (κ1) is 12.1. The summed E-state index contributed by atoms with van der Waals surface area (Å²) in [4.78, 5) is -0.918. The van der Waals surface area contributed by atoms with Gasteiger partial charge in [0.25, 0.3) is 0 Å². The van der Waals surface area contributed by atoms with Crippen LogP contribution in [0.1, 0.15) is 13.3 Å². The Balaban J connectivity index is 3.15. The molecule has 0 bridgehead atoms. The summed E-state index contributed by atoms with van der Waals surface area (Å²) in [5, 5.41) is 0. The fraction of sp³-hybridized carbons (Fsp3) is 0.333. The summed E-state index contributed by atoms with van der Waals surface area (Å²) in [6.45, 7) is 1.90. The molecule has 0 aliphatic rings. The van der Waals surface area contributed by atoms with Gasteiger partial charge in [0.2, 0.25) is 10.0 Å². The van der Waals surface area contributed by atoms with E-state index < -0.39 is 26.6 Å². The van der Waals surface area contributed by atoms with Crippen molar-refractivity contribution in [3.8, 4) is 0 Å². The Bertz CT molecular complexity index is 425. The zero-order chi connectivity index (χ0) is 11.5. The van der Waals surface area contributed by atoms with Crippen molar-refractivity contribution in [1.82, 2.24) is 4.72 Å². The number of hydrogen-bond acceptors (Lipinski definition) is 2. The van der Waals surface area contributed by atoms with E-state index in [2.05, 4.69) is 4.72 Å². The molecule has 1 aromatic rings. The van der Waals surface area contributed by atoms with E-state index in [-0.39, 0.29) is 6.54 Å². The average molecular weight is 235 g/mol. The smallest absolute Gasteiger partial charge is 0.211 e. The molecule has 15 heavy (non-hydrogen) atoms. The number of rotatable bonds is 4. The van der Waals surface area contributed by atoms with Crippen molar-refractivity contribution in [3.63, 3.8) is 0 Å². The summed E-state index contributed by atoms with van der Waals surface area (Å²) in [5.74, 6) is -2.17. The lowest BCUT2D eigenvalue weighted by Crippen LogP contribution is -2.26. The van der Waals surface area contributed by atoms with Crippen molar-refractivity contribution in [2.75, 3.05) is 6.54 Å². The Morgan fingerprint density at radius 2 is 1.80 bits per heavy atom. The van der Waals surface area contributed by atoms with Gasteiger partial charge in [-0.25, -0.2) is 21.9 Å². The number of hydrogen-bond donors (Lipinski definition) is 1. The molecule has 0 aliphatic heterocycles. The third-order valence-corrected chi connectivity index (χ3v) is 3.24. The summed E-state index contributed by atoms with van der Waals surface area (Å²) in [6.07, 6.45) is 0.551. The average Bonchev–Trinajstić information content (AvgIpc) is 2.14. The Morgan fingerprint density at radius 3 is 2.27 bits per heavy atom. The highest BCUT2D eigenvalue weighted by Crippen LogP contribution is 2.17. The van der Waals surface area contributed by atoms with Crippen molar-refractivity contribution < 1.29 is 17.2 Å². The number of nitrogens with one attached hydrogen (secondary N) is 1. The molecule has 1 aromatic carbocycles. The summed E-state index contributed by atoms with van der Waals surface area (Å²) in [5.41, 5.74) is 0. The normalized spacial score (nSPS) is 11.7. The van der Waals surface area contributed by atoms with Crippen molar-refractivity contribution in [2.24, 2.45) is 0 Å². The molecule has 0 aliphatic carbocycles. The zero-order valence-corrected chi connectivity index (χ0v) is 8.94. The molecule has 0 atom stereocenters. The van der Waals surface area contributed by atoms with Gasteiger partial charge >= 0.3 is 0 Å².